The summed E-state index contributed by atoms with van der Waals surface area (Å²) in [5, 5.41) is 2.26. The summed E-state index contributed by atoms with van der Waals surface area (Å²) in [6, 6.07) is 9.97. The zero-order chi connectivity index (χ0) is 11.8. The van der Waals surface area contributed by atoms with Crippen LogP contribution in [0.25, 0.3) is 10.8 Å². The highest BCUT2D eigenvalue weighted by Crippen LogP contribution is 2.33. The van der Waals surface area contributed by atoms with Gasteiger partial charge in [-0.1, -0.05) is 18.2 Å². The van der Waals surface area contributed by atoms with Crippen LogP contribution < -0.4 is 4.74 Å². The van der Waals surface area contributed by atoms with Gasteiger partial charge in [0.15, 0.2) is 5.78 Å². The minimum atomic E-state index is 0.274. The van der Waals surface area contributed by atoms with Gasteiger partial charge in [0.2, 0.25) is 0 Å². The Morgan fingerprint density at radius 3 is 2.76 bits per heavy atom. The van der Waals surface area contributed by atoms with Crippen molar-refractivity contribution in [3.63, 3.8) is 0 Å². The lowest BCUT2D eigenvalue weighted by Crippen LogP contribution is -2.11. The molecule has 0 radical (unpaired) electrons. The summed E-state index contributed by atoms with van der Waals surface area (Å²) in [6.45, 7) is 0. The van der Waals surface area contributed by atoms with Gasteiger partial charge in [-0.3, -0.25) is 4.79 Å². The van der Waals surface area contributed by atoms with E-state index in [2.05, 4.69) is 6.07 Å². The van der Waals surface area contributed by atoms with Gasteiger partial charge in [0.1, 0.15) is 5.75 Å². The fraction of sp³-hybridized carbons (Fsp3) is 0.267. The second-order valence-corrected chi connectivity index (χ2v) is 4.42. The molecule has 2 aromatic carbocycles. The van der Waals surface area contributed by atoms with Crippen LogP contribution in [-0.4, -0.2) is 12.9 Å². The third-order valence-electron chi connectivity index (χ3n) is 3.48. The van der Waals surface area contributed by atoms with Crippen LogP contribution in [0.1, 0.15) is 28.8 Å². The van der Waals surface area contributed by atoms with Gasteiger partial charge in [-0.15, -0.1) is 0 Å². The molecule has 2 aromatic rings. The van der Waals surface area contributed by atoms with Crippen LogP contribution in [0.5, 0.6) is 5.75 Å². The standard InChI is InChI=1S/C15H14O2/c1-17-15-7-3-5-11-10-4-2-6-14(16)12(10)8-9-13(11)15/h3,5,7-9H,2,4,6H2,1H3. The molecular formula is C15H14O2. The number of hydrogen-bond acceptors (Lipinski definition) is 2. The van der Waals surface area contributed by atoms with Crippen molar-refractivity contribution in [2.75, 3.05) is 7.11 Å². The Hall–Kier alpha value is -1.83. The molecule has 2 heteroatoms. The molecule has 3 rings (SSSR count). The van der Waals surface area contributed by atoms with E-state index in [1.54, 1.807) is 7.11 Å². The van der Waals surface area contributed by atoms with E-state index in [0.717, 1.165) is 34.9 Å². The Morgan fingerprint density at radius 2 is 1.94 bits per heavy atom. The van der Waals surface area contributed by atoms with Crippen molar-refractivity contribution in [1.29, 1.82) is 0 Å². The monoisotopic (exact) mass is 226 g/mol. The van der Waals surface area contributed by atoms with Crippen LogP contribution in [-0.2, 0) is 6.42 Å². The lowest BCUT2D eigenvalue weighted by molar-refractivity contribution is 0.0973. The van der Waals surface area contributed by atoms with Crippen LogP contribution in [0.2, 0.25) is 0 Å². The minimum Gasteiger partial charge on any atom is -0.496 e. The predicted octanol–water partition coefficient (Wildman–Crippen LogP) is 3.37. The lowest BCUT2D eigenvalue weighted by atomic mass is 9.87. The maximum Gasteiger partial charge on any atom is 0.163 e. The highest BCUT2D eigenvalue weighted by Gasteiger charge is 2.19. The summed E-state index contributed by atoms with van der Waals surface area (Å²) in [5.41, 5.74) is 2.09. The number of Topliss-reactive ketones (excluding diaryl/α,β-unsaturated/α-hetero) is 1. The molecular weight excluding hydrogens is 212 g/mol. The van der Waals surface area contributed by atoms with Crippen LogP contribution in [0.4, 0.5) is 0 Å². The van der Waals surface area contributed by atoms with E-state index in [1.165, 1.54) is 5.56 Å². The first-order valence-corrected chi connectivity index (χ1v) is 5.93. The summed E-state index contributed by atoms with van der Waals surface area (Å²) in [5.74, 6) is 1.15. The van der Waals surface area contributed by atoms with Gasteiger partial charge >= 0.3 is 0 Å². The number of fused-ring (bicyclic) bond motifs is 3. The summed E-state index contributed by atoms with van der Waals surface area (Å²) in [7, 11) is 1.68. The number of methoxy groups -OCH3 is 1. The smallest absolute Gasteiger partial charge is 0.163 e. The molecule has 0 aliphatic heterocycles. The molecule has 0 N–H and O–H groups in total. The van der Waals surface area contributed by atoms with Crippen LogP contribution in [0, 0.1) is 0 Å². The molecule has 1 aliphatic carbocycles. The molecule has 0 aromatic heterocycles. The highest BCUT2D eigenvalue weighted by molar-refractivity contribution is 6.04. The van der Waals surface area contributed by atoms with E-state index in [-0.39, 0.29) is 5.78 Å². The summed E-state index contributed by atoms with van der Waals surface area (Å²) in [6.07, 6.45) is 2.64. The number of ether oxygens (including phenoxy) is 1. The van der Waals surface area contributed by atoms with E-state index < -0.39 is 0 Å². The molecule has 0 fully saturated rings. The fourth-order valence-corrected chi connectivity index (χ4v) is 2.66. The van der Waals surface area contributed by atoms with E-state index in [4.69, 9.17) is 4.74 Å². The lowest BCUT2D eigenvalue weighted by Gasteiger charge is -2.17. The van der Waals surface area contributed by atoms with Crippen LogP contribution in [0.15, 0.2) is 30.3 Å². The van der Waals surface area contributed by atoms with Crippen molar-refractivity contribution in [3.05, 3.63) is 41.5 Å². The third-order valence-corrected chi connectivity index (χ3v) is 3.48. The molecule has 1 aliphatic rings. The minimum absolute atomic E-state index is 0.274. The summed E-state index contributed by atoms with van der Waals surface area (Å²) >= 11 is 0. The molecule has 17 heavy (non-hydrogen) atoms. The second kappa shape index (κ2) is 3.88. The molecule has 0 spiro atoms. The molecule has 86 valence electrons. The third kappa shape index (κ3) is 1.52. The number of ketones is 1. The fourth-order valence-electron chi connectivity index (χ4n) is 2.66. The molecule has 0 saturated carbocycles. The number of aryl methyl sites for hydroxylation is 1. The molecule has 0 heterocycles. The van der Waals surface area contributed by atoms with Gasteiger partial charge in [0.25, 0.3) is 0 Å². The number of rotatable bonds is 1. The summed E-state index contributed by atoms with van der Waals surface area (Å²) < 4.78 is 5.36. The van der Waals surface area contributed by atoms with Crippen molar-refractivity contribution in [2.24, 2.45) is 0 Å². The Morgan fingerprint density at radius 1 is 1.06 bits per heavy atom. The van der Waals surface area contributed by atoms with E-state index in [9.17, 15) is 4.79 Å². The van der Waals surface area contributed by atoms with Crippen LogP contribution >= 0.6 is 0 Å². The highest BCUT2D eigenvalue weighted by atomic mass is 16.5. The molecule has 0 bridgehead atoms. The number of carbonyl (C=O) groups excluding carboxylic acids is 1. The largest absolute Gasteiger partial charge is 0.496 e. The predicted molar refractivity (Wildman–Crippen MR) is 67.8 cm³/mol. The van der Waals surface area contributed by atoms with Gasteiger partial charge in [-0.25, -0.2) is 0 Å². The van der Waals surface area contributed by atoms with Crippen molar-refractivity contribution < 1.29 is 9.53 Å². The number of carbonyl (C=O) groups is 1. The zero-order valence-electron chi connectivity index (χ0n) is 9.82. The maximum absolute atomic E-state index is 11.9. The van der Waals surface area contributed by atoms with Crippen molar-refractivity contribution >= 4 is 16.6 Å². The van der Waals surface area contributed by atoms with Gasteiger partial charge in [-0.05, 0) is 35.9 Å². The number of hydrogen-bond donors (Lipinski definition) is 0. The first-order chi connectivity index (χ1) is 8.31. The molecule has 2 nitrogen and oxygen atoms in total. The Labute approximate surface area is 100 Å². The van der Waals surface area contributed by atoms with Gasteiger partial charge in [0.05, 0.1) is 7.11 Å². The normalized spacial score (nSPS) is 14.8. The number of benzene rings is 2. The molecule has 0 unspecified atom stereocenters. The Balaban J connectivity index is 2.35. The van der Waals surface area contributed by atoms with Gasteiger partial charge < -0.3 is 4.74 Å². The second-order valence-electron chi connectivity index (χ2n) is 4.42. The average Bonchev–Trinajstić information content (AvgIpc) is 2.38. The van der Waals surface area contributed by atoms with E-state index >= 15 is 0 Å². The zero-order valence-corrected chi connectivity index (χ0v) is 9.82. The first-order valence-electron chi connectivity index (χ1n) is 5.93. The first kappa shape index (κ1) is 10.3. The van der Waals surface area contributed by atoms with Gasteiger partial charge in [0, 0.05) is 17.4 Å². The summed E-state index contributed by atoms with van der Waals surface area (Å²) in [4.78, 5) is 11.9. The van der Waals surface area contributed by atoms with Gasteiger partial charge in [-0.2, -0.15) is 0 Å². The molecule has 0 saturated heterocycles. The van der Waals surface area contributed by atoms with E-state index in [1.807, 2.05) is 24.3 Å². The van der Waals surface area contributed by atoms with E-state index in [0.29, 0.717) is 6.42 Å². The topological polar surface area (TPSA) is 26.3 Å². The Bertz CT molecular complexity index is 599. The Kier molecular flexibility index (Phi) is 2.36. The van der Waals surface area contributed by atoms with Crippen molar-refractivity contribution in [3.8, 4) is 5.75 Å². The maximum atomic E-state index is 11.9. The molecule has 0 amide bonds. The average molecular weight is 226 g/mol. The quantitative estimate of drug-likeness (QED) is 0.745. The van der Waals surface area contributed by atoms with Crippen molar-refractivity contribution in [2.45, 2.75) is 19.3 Å². The SMILES string of the molecule is COc1cccc2c3c(ccc12)C(=O)CCC3. The van der Waals surface area contributed by atoms with Crippen LogP contribution in [0.3, 0.4) is 0 Å². The molecule has 0 atom stereocenters. The van der Waals surface area contributed by atoms with Crippen molar-refractivity contribution in [1.82, 2.24) is 0 Å².